The maximum absolute atomic E-state index is 12.7. The second-order valence-electron chi connectivity index (χ2n) is 9.40. The van der Waals surface area contributed by atoms with Crippen LogP contribution in [0.15, 0.2) is 17.1 Å². The van der Waals surface area contributed by atoms with Gasteiger partial charge in [-0.05, 0) is 76.9 Å². The highest BCUT2D eigenvalue weighted by atomic mass is 127. The quantitative estimate of drug-likeness (QED) is 0.123. The Balaban J connectivity index is 0.00000272. The zero-order chi connectivity index (χ0) is 21.1. The topological polar surface area (TPSA) is 77.0 Å². The van der Waals surface area contributed by atoms with E-state index in [4.69, 9.17) is 0 Å². The van der Waals surface area contributed by atoms with Crippen molar-refractivity contribution in [1.29, 1.82) is 0 Å². The van der Waals surface area contributed by atoms with Gasteiger partial charge >= 0.3 is 0 Å². The number of guanidine groups is 1. The predicted octanol–water partition coefficient (Wildman–Crippen LogP) is 2.09. The van der Waals surface area contributed by atoms with Crippen LogP contribution in [0.5, 0.6) is 0 Å². The van der Waals surface area contributed by atoms with E-state index in [0.717, 1.165) is 31.4 Å². The lowest BCUT2D eigenvalue weighted by Gasteiger charge is -2.29. The summed E-state index contributed by atoms with van der Waals surface area (Å²) >= 11 is 0. The molecule has 4 atom stereocenters. The van der Waals surface area contributed by atoms with Crippen molar-refractivity contribution in [2.45, 2.75) is 39.0 Å². The molecule has 0 spiro atoms. The van der Waals surface area contributed by atoms with Crippen LogP contribution in [-0.2, 0) is 9.59 Å². The Bertz CT molecular complexity index is 674. The van der Waals surface area contributed by atoms with Gasteiger partial charge in [-0.25, -0.2) is 0 Å². The molecule has 4 unspecified atom stereocenters. The van der Waals surface area contributed by atoms with E-state index in [2.05, 4.69) is 46.6 Å². The van der Waals surface area contributed by atoms with Gasteiger partial charge in [-0.1, -0.05) is 12.2 Å². The number of fused-ring (bicyclic) bond motifs is 5. The fourth-order valence-corrected chi connectivity index (χ4v) is 5.69. The molecule has 174 valence electrons. The molecule has 2 bridgehead atoms. The number of halogens is 1. The number of rotatable bonds is 8. The molecule has 0 aromatic rings. The molecular formula is C23H38IN5O2. The van der Waals surface area contributed by atoms with Crippen LogP contribution < -0.4 is 10.6 Å². The van der Waals surface area contributed by atoms with E-state index in [9.17, 15) is 9.59 Å². The third kappa shape index (κ3) is 5.43. The van der Waals surface area contributed by atoms with Gasteiger partial charge < -0.3 is 15.5 Å². The SMILES string of the molecule is CCNC(=NCCCN1C(=O)C2C3C=CC(C3)C2C1=O)NCCC1CCN(C)CC1.I. The lowest BCUT2D eigenvalue weighted by atomic mass is 9.85. The summed E-state index contributed by atoms with van der Waals surface area (Å²) in [5, 5.41) is 6.75. The molecule has 2 heterocycles. The van der Waals surface area contributed by atoms with Gasteiger partial charge in [0.25, 0.3) is 0 Å². The lowest BCUT2D eigenvalue weighted by Crippen LogP contribution is -2.39. The van der Waals surface area contributed by atoms with Crippen LogP contribution in [0, 0.1) is 29.6 Å². The summed E-state index contributed by atoms with van der Waals surface area (Å²) in [6.45, 7) is 7.32. The summed E-state index contributed by atoms with van der Waals surface area (Å²) < 4.78 is 0. The molecule has 8 heteroatoms. The average Bonchev–Trinajstić information content (AvgIpc) is 3.42. The van der Waals surface area contributed by atoms with Gasteiger partial charge in [0.1, 0.15) is 0 Å². The summed E-state index contributed by atoms with van der Waals surface area (Å²) in [5.41, 5.74) is 0. The molecule has 2 aliphatic carbocycles. The highest BCUT2D eigenvalue weighted by Crippen LogP contribution is 2.52. The van der Waals surface area contributed by atoms with Gasteiger partial charge in [0.2, 0.25) is 11.8 Å². The fourth-order valence-electron chi connectivity index (χ4n) is 5.69. The first-order valence-electron chi connectivity index (χ1n) is 11.8. The zero-order valence-electron chi connectivity index (χ0n) is 18.9. The number of nitrogens with zero attached hydrogens (tertiary/aromatic N) is 3. The molecule has 0 aromatic heterocycles. The summed E-state index contributed by atoms with van der Waals surface area (Å²) in [5.74, 6) is 2.13. The van der Waals surface area contributed by atoms with Gasteiger partial charge in [0, 0.05) is 26.2 Å². The van der Waals surface area contributed by atoms with E-state index in [1.54, 1.807) is 0 Å². The molecule has 0 aromatic carbocycles. The van der Waals surface area contributed by atoms with E-state index in [1.165, 1.54) is 37.3 Å². The van der Waals surface area contributed by atoms with Crippen LogP contribution in [0.1, 0.15) is 39.0 Å². The van der Waals surface area contributed by atoms with Crippen molar-refractivity contribution < 1.29 is 9.59 Å². The van der Waals surface area contributed by atoms with Crippen molar-refractivity contribution in [2.24, 2.45) is 34.6 Å². The summed E-state index contributed by atoms with van der Waals surface area (Å²) in [7, 11) is 2.20. The Morgan fingerprint density at radius 1 is 1.10 bits per heavy atom. The van der Waals surface area contributed by atoms with Crippen molar-refractivity contribution in [3.8, 4) is 0 Å². The Morgan fingerprint density at radius 3 is 2.35 bits per heavy atom. The molecule has 0 radical (unpaired) electrons. The van der Waals surface area contributed by atoms with Crippen molar-refractivity contribution in [3.63, 3.8) is 0 Å². The highest BCUT2D eigenvalue weighted by Gasteiger charge is 2.58. The lowest BCUT2D eigenvalue weighted by molar-refractivity contribution is -0.140. The van der Waals surface area contributed by atoms with E-state index in [0.29, 0.717) is 19.5 Å². The molecule has 2 aliphatic heterocycles. The van der Waals surface area contributed by atoms with Gasteiger partial charge in [0.15, 0.2) is 5.96 Å². The smallest absolute Gasteiger partial charge is 0.233 e. The van der Waals surface area contributed by atoms with Gasteiger partial charge in [-0.3, -0.25) is 19.5 Å². The summed E-state index contributed by atoms with van der Waals surface area (Å²) in [6.07, 6.45) is 9.72. The summed E-state index contributed by atoms with van der Waals surface area (Å²) in [6, 6.07) is 0. The van der Waals surface area contributed by atoms with E-state index in [-0.39, 0.29) is 59.5 Å². The Kier molecular flexibility index (Phi) is 8.78. The number of amides is 2. The summed E-state index contributed by atoms with van der Waals surface area (Å²) in [4.78, 5) is 34.0. The minimum Gasteiger partial charge on any atom is -0.357 e. The van der Waals surface area contributed by atoms with Crippen LogP contribution in [0.2, 0.25) is 0 Å². The number of carbonyl (C=O) groups is 2. The fraction of sp³-hybridized carbons (Fsp3) is 0.783. The number of aliphatic imine (C=N–C) groups is 1. The molecule has 3 fully saturated rings. The Morgan fingerprint density at radius 2 is 1.74 bits per heavy atom. The second kappa shape index (κ2) is 11.1. The van der Waals surface area contributed by atoms with Crippen LogP contribution in [-0.4, -0.2) is 73.9 Å². The molecule has 31 heavy (non-hydrogen) atoms. The molecule has 7 nitrogen and oxygen atoms in total. The number of allylic oxidation sites excluding steroid dienone is 2. The predicted molar refractivity (Wildman–Crippen MR) is 133 cm³/mol. The van der Waals surface area contributed by atoms with Crippen LogP contribution >= 0.6 is 24.0 Å². The van der Waals surface area contributed by atoms with Gasteiger partial charge in [0.05, 0.1) is 11.8 Å². The normalized spacial score (nSPS) is 30.6. The van der Waals surface area contributed by atoms with E-state index >= 15 is 0 Å². The maximum atomic E-state index is 12.7. The number of piperidine rings is 1. The third-order valence-electron chi connectivity index (χ3n) is 7.40. The minimum atomic E-state index is -0.0884. The van der Waals surface area contributed by atoms with Crippen molar-refractivity contribution in [1.82, 2.24) is 20.4 Å². The molecule has 2 saturated heterocycles. The minimum absolute atomic E-state index is 0. The van der Waals surface area contributed by atoms with E-state index < -0.39 is 0 Å². The van der Waals surface area contributed by atoms with Gasteiger partial charge in [-0.2, -0.15) is 0 Å². The molecule has 4 rings (SSSR count). The first kappa shape index (κ1) is 24.5. The number of hydrogen-bond donors (Lipinski definition) is 2. The number of likely N-dealkylation sites (tertiary alicyclic amines) is 2. The monoisotopic (exact) mass is 543 g/mol. The standard InChI is InChI=1S/C23H37N5O2.HI/c1-3-24-23(26-11-7-16-8-13-27(2)14-9-16)25-10-4-12-28-21(29)19-17-5-6-18(15-17)20(19)22(28)30;/h5-6,16-20H,3-4,7-15H2,1-2H3,(H2,24,25,26);1H. The Labute approximate surface area is 203 Å². The first-order valence-corrected chi connectivity index (χ1v) is 11.8. The Hall–Kier alpha value is -1.16. The molecular weight excluding hydrogens is 505 g/mol. The van der Waals surface area contributed by atoms with Crippen LogP contribution in [0.4, 0.5) is 0 Å². The van der Waals surface area contributed by atoms with Crippen molar-refractivity contribution in [2.75, 3.05) is 46.3 Å². The number of nitrogens with one attached hydrogen (secondary N) is 2. The third-order valence-corrected chi connectivity index (χ3v) is 7.40. The highest BCUT2D eigenvalue weighted by molar-refractivity contribution is 14.0. The molecule has 2 N–H and O–H groups in total. The zero-order valence-corrected chi connectivity index (χ0v) is 21.2. The largest absolute Gasteiger partial charge is 0.357 e. The number of hydrogen-bond acceptors (Lipinski definition) is 4. The average molecular weight is 543 g/mol. The molecule has 1 saturated carbocycles. The van der Waals surface area contributed by atoms with Crippen molar-refractivity contribution >= 4 is 41.8 Å². The van der Waals surface area contributed by atoms with Crippen LogP contribution in [0.25, 0.3) is 0 Å². The van der Waals surface area contributed by atoms with Crippen molar-refractivity contribution in [3.05, 3.63) is 12.2 Å². The first-order chi connectivity index (χ1) is 14.6. The number of imide groups is 1. The molecule has 4 aliphatic rings. The maximum Gasteiger partial charge on any atom is 0.233 e. The van der Waals surface area contributed by atoms with Gasteiger partial charge in [-0.15, -0.1) is 24.0 Å². The van der Waals surface area contributed by atoms with E-state index in [1.807, 2.05) is 0 Å². The molecule has 2 amide bonds. The van der Waals surface area contributed by atoms with Crippen LogP contribution in [0.3, 0.4) is 0 Å². The number of carbonyl (C=O) groups excluding carboxylic acids is 2. The second-order valence-corrected chi connectivity index (χ2v) is 9.40.